The molecule has 2 aliphatic heterocycles. The number of anilines is 1. The van der Waals surface area contributed by atoms with E-state index in [0.717, 1.165) is 67.5 Å². The van der Waals surface area contributed by atoms with Gasteiger partial charge in [0.05, 0.1) is 16.9 Å². The van der Waals surface area contributed by atoms with Gasteiger partial charge in [-0.15, -0.1) is 24.8 Å². The van der Waals surface area contributed by atoms with Crippen LogP contribution in [0, 0.1) is 6.92 Å². The second kappa shape index (κ2) is 11.8. The van der Waals surface area contributed by atoms with Gasteiger partial charge in [0.1, 0.15) is 18.2 Å². The summed E-state index contributed by atoms with van der Waals surface area (Å²) in [5.41, 5.74) is 6.72. The van der Waals surface area contributed by atoms with Crippen LogP contribution < -0.4 is 15.0 Å². The van der Waals surface area contributed by atoms with E-state index in [4.69, 9.17) is 9.72 Å². The molecule has 1 unspecified atom stereocenters. The Balaban J connectivity index is 0.00000176. The third-order valence-corrected chi connectivity index (χ3v) is 7.52. The van der Waals surface area contributed by atoms with Crippen molar-refractivity contribution in [2.24, 2.45) is 0 Å². The molecule has 2 aromatic heterocycles. The van der Waals surface area contributed by atoms with Gasteiger partial charge in [0, 0.05) is 56.5 Å². The molecule has 2 aromatic carbocycles. The first-order chi connectivity index (χ1) is 18.0. The van der Waals surface area contributed by atoms with Crippen molar-refractivity contribution in [3.05, 3.63) is 77.5 Å². The number of para-hydroxylation sites is 1. The van der Waals surface area contributed by atoms with Gasteiger partial charge in [-0.05, 0) is 56.2 Å². The summed E-state index contributed by atoms with van der Waals surface area (Å²) < 4.78 is 8.37. The zero-order chi connectivity index (χ0) is 25.5. The number of imidazole rings is 1. The number of amides is 1. The molecule has 6 rings (SSSR count). The zero-order valence-corrected chi connectivity index (χ0v) is 24.0. The van der Waals surface area contributed by atoms with Gasteiger partial charge in [-0.1, -0.05) is 18.2 Å². The second-order valence-corrected chi connectivity index (χ2v) is 9.83. The SMILES string of the molecule is CNC(=O)c1ncn2c1C(C)Oc1c(CCN3CCN(c4cccc5nc(C)ccc45)CC3)cccc1-2.Cl.Cl. The van der Waals surface area contributed by atoms with Crippen LogP contribution >= 0.6 is 24.8 Å². The maximum atomic E-state index is 12.3. The van der Waals surface area contributed by atoms with Gasteiger partial charge >= 0.3 is 0 Å². The molecule has 39 heavy (non-hydrogen) atoms. The van der Waals surface area contributed by atoms with Crippen molar-refractivity contribution in [3.63, 3.8) is 0 Å². The number of aromatic nitrogens is 3. The lowest BCUT2D eigenvalue weighted by atomic mass is 10.1. The summed E-state index contributed by atoms with van der Waals surface area (Å²) in [6.07, 6.45) is 2.37. The summed E-state index contributed by atoms with van der Waals surface area (Å²) in [5.74, 6) is 0.693. The van der Waals surface area contributed by atoms with Crippen molar-refractivity contribution in [1.29, 1.82) is 0 Å². The minimum Gasteiger partial charge on any atom is -0.482 e. The average molecular weight is 570 g/mol. The molecule has 10 heteroatoms. The summed E-state index contributed by atoms with van der Waals surface area (Å²) in [5, 5.41) is 3.90. The van der Waals surface area contributed by atoms with Crippen LogP contribution in [-0.4, -0.2) is 65.1 Å². The Labute approximate surface area is 241 Å². The molecular weight excluding hydrogens is 535 g/mol. The Bertz CT molecular complexity index is 1480. The minimum atomic E-state index is -0.258. The molecule has 2 aliphatic rings. The number of hydrogen-bond donors (Lipinski definition) is 1. The Morgan fingerprint density at radius 3 is 2.54 bits per heavy atom. The first-order valence-electron chi connectivity index (χ1n) is 13.0. The van der Waals surface area contributed by atoms with Crippen LogP contribution in [0.5, 0.6) is 5.75 Å². The number of carbonyl (C=O) groups is 1. The number of nitrogens with one attached hydrogen (secondary N) is 1. The van der Waals surface area contributed by atoms with Crippen molar-refractivity contribution in [2.75, 3.05) is 44.7 Å². The monoisotopic (exact) mass is 568 g/mol. The number of ether oxygens (including phenoxy) is 1. The number of aryl methyl sites for hydroxylation is 1. The highest BCUT2D eigenvalue weighted by molar-refractivity contribution is 5.94. The van der Waals surface area contributed by atoms with Crippen LogP contribution in [0.4, 0.5) is 5.69 Å². The van der Waals surface area contributed by atoms with Crippen molar-refractivity contribution < 1.29 is 9.53 Å². The van der Waals surface area contributed by atoms with E-state index >= 15 is 0 Å². The maximum absolute atomic E-state index is 12.3. The Morgan fingerprint density at radius 2 is 1.77 bits per heavy atom. The lowest BCUT2D eigenvalue weighted by Gasteiger charge is -2.37. The molecule has 8 nitrogen and oxygen atoms in total. The molecule has 0 bridgehead atoms. The number of rotatable bonds is 5. The summed E-state index contributed by atoms with van der Waals surface area (Å²) >= 11 is 0. The summed E-state index contributed by atoms with van der Waals surface area (Å²) in [6.45, 7) is 9.01. The Kier molecular flexibility index (Phi) is 8.69. The second-order valence-electron chi connectivity index (χ2n) is 9.83. The molecule has 1 atom stereocenters. The predicted molar refractivity (Wildman–Crippen MR) is 159 cm³/mol. The lowest BCUT2D eigenvalue weighted by molar-refractivity contribution is 0.0952. The van der Waals surface area contributed by atoms with Crippen molar-refractivity contribution in [2.45, 2.75) is 26.4 Å². The first-order valence-corrected chi connectivity index (χ1v) is 13.0. The molecule has 206 valence electrons. The topological polar surface area (TPSA) is 75.5 Å². The molecule has 1 saturated heterocycles. The number of pyridine rings is 1. The number of hydrogen-bond acceptors (Lipinski definition) is 6. The van der Waals surface area contributed by atoms with Crippen LogP contribution in [0.25, 0.3) is 16.6 Å². The standard InChI is InChI=1S/C29H32N6O2.2ClH/c1-19-10-11-22-23(32-19)7-5-8-24(22)34-16-14-33(15-17-34)13-12-21-6-4-9-25-28(21)37-20(2)27-26(29(36)30-3)31-18-35(25)27;;/h4-11,18,20H,12-17H2,1-3H3,(H,30,36);2*1H. The van der Waals surface area contributed by atoms with Crippen LogP contribution in [0.1, 0.15) is 40.5 Å². The van der Waals surface area contributed by atoms with Crippen LogP contribution in [0.3, 0.4) is 0 Å². The predicted octanol–water partition coefficient (Wildman–Crippen LogP) is 4.75. The molecule has 0 aliphatic carbocycles. The van der Waals surface area contributed by atoms with Gasteiger partial charge in [0.15, 0.2) is 5.69 Å². The number of piperazine rings is 1. The highest BCUT2D eigenvalue weighted by atomic mass is 35.5. The minimum absolute atomic E-state index is 0. The molecular formula is C29H34Cl2N6O2. The molecule has 4 aromatic rings. The fraction of sp³-hybridized carbons (Fsp3) is 0.345. The number of fused-ring (bicyclic) bond motifs is 4. The van der Waals surface area contributed by atoms with Gasteiger partial charge in [-0.3, -0.25) is 19.2 Å². The van der Waals surface area contributed by atoms with Crippen LogP contribution in [0.15, 0.2) is 54.9 Å². The van der Waals surface area contributed by atoms with Gasteiger partial charge in [-0.25, -0.2) is 4.98 Å². The van der Waals surface area contributed by atoms with Gasteiger partial charge < -0.3 is 15.0 Å². The quantitative estimate of drug-likeness (QED) is 0.374. The number of carbonyl (C=O) groups excluding carboxylic acids is 1. The fourth-order valence-electron chi connectivity index (χ4n) is 5.57. The van der Waals surface area contributed by atoms with Crippen molar-refractivity contribution >= 4 is 47.3 Å². The third-order valence-electron chi connectivity index (χ3n) is 7.52. The summed E-state index contributed by atoms with van der Waals surface area (Å²) in [7, 11) is 1.62. The zero-order valence-electron chi connectivity index (χ0n) is 22.4. The highest BCUT2D eigenvalue weighted by Gasteiger charge is 2.31. The van der Waals surface area contributed by atoms with E-state index < -0.39 is 0 Å². The smallest absolute Gasteiger partial charge is 0.271 e. The van der Waals surface area contributed by atoms with E-state index in [2.05, 4.69) is 62.6 Å². The van der Waals surface area contributed by atoms with Crippen LogP contribution in [0.2, 0.25) is 0 Å². The molecule has 4 heterocycles. The van der Waals surface area contributed by atoms with E-state index in [0.29, 0.717) is 5.69 Å². The number of halogens is 2. The molecule has 0 spiro atoms. The normalized spacial score (nSPS) is 16.4. The Hall–Kier alpha value is -3.33. The molecule has 1 fully saturated rings. The molecule has 1 N–H and O–H groups in total. The summed E-state index contributed by atoms with van der Waals surface area (Å²) in [6, 6.07) is 16.9. The highest BCUT2D eigenvalue weighted by Crippen LogP contribution is 2.39. The fourth-order valence-corrected chi connectivity index (χ4v) is 5.57. The summed E-state index contributed by atoms with van der Waals surface area (Å²) in [4.78, 5) is 26.4. The van der Waals surface area contributed by atoms with Crippen molar-refractivity contribution in [3.8, 4) is 11.4 Å². The molecule has 0 saturated carbocycles. The lowest BCUT2D eigenvalue weighted by Crippen LogP contribution is -2.47. The van der Waals surface area contributed by atoms with Crippen LogP contribution in [-0.2, 0) is 6.42 Å². The number of benzene rings is 2. The van der Waals surface area contributed by atoms with E-state index in [9.17, 15) is 4.79 Å². The largest absolute Gasteiger partial charge is 0.482 e. The van der Waals surface area contributed by atoms with Crippen molar-refractivity contribution in [1.82, 2.24) is 24.8 Å². The van der Waals surface area contributed by atoms with Gasteiger partial charge in [0.25, 0.3) is 5.91 Å². The van der Waals surface area contributed by atoms with E-state index in [1.807, 2.05) is 24.5 Å². The van der Waals surface area contributed by atoms with E-state index in [1.54, 1.807) is 13.4 Å². The maximum Gasteiger partial charge on any atom is 0.271 e. The molecule has 1 amide bonds. The third kappa shape index (κ3) is 5.29. The first kappa shape index (κ1) is 28.7. The van der Waals surface area contributed by atoms with E-state index in [-0.39, 0.29) is 36.8 Å². The van der Waals surface area contributed by atoms with Gasteiger partial charge in [0.2, 0.25) is 0 Å². The van der Waals surface area contributed by atoms with Gasteiger partial charge in [-0.2, -0.15) is 0 Å². The van der Waals surface area contributed by atoms with E-state index in [1.165, 1.54) is 16.6 Å². The average Bonchev–Trinajstić information content (AvgIpc) is 3.38. The molecule has 0 radical (unpaired) electrons. The number of nitrogens with zero attached hydrogens (tertiary/aromatic N) is 5. The Morgan fingerprint density at radius 1 is 1.03 bits per heavy atom.